The molecular weight excluding hydrogens is 346 g/mol. The molecule has 4 aromatic rings. The highest BCUT2D eigenvalue weighted by molar-refractivity contribution is 5.72. The minimum Gasteiger partial charge on any atom is -0.493 e. The largest absolute Gasteiger partial charge is 0.493 e. The van der Waals surface area contributed by atoms with Gasteiger partial charge in [-0.15, -0.1) is 0 Å². The molecule has 0 saturated carbocycles. The lowest BCUT2D eigenvalue weighted by molar-refractivity contribution is 0.325. The number of nitrogens with zero attached hydrogens (tertiary/aromatic N) is 5. The summed E-state index contributed by atoms with van der Waals surface area (Å²) in [7, 11) is 4.78. The maximum absolute atomic E-state index is 5.61. The first-order valence-corrected chi connectivity index (χ1v) is 8.33. The van der Waals surface area contributed by atoms with E-state index < -0.39 is 0 Å². The number of aromatic nitrogens is 5. The molecule has 0 saturated heterocycles. The SMILES string of the molecule is COc1ccc(-c2nccn2Cc2cnc3cnccn23)c(OC)c1OC. The molecule has 0 spiro atoms. The number of benzene rings is 1. The highest BCUT2D eigenvalue weighted by Gasteiger charge is 2.20. The lowest BCUT2D eigenvalue weighted by Crippen LogP contribution is -2.05. The van der Waals surface area contributed by atoms with E-state index in [0.717, 1.165) is 22.7 Å². The van der Waals surface area contributed by atoms with Gasteiger partial charge in [0, 0.05) is 24.8 Å². The molecule has 138 valence electrons. The third-order valence-electron chi connectivity index (χ3n) is 4.39. The van der Waals surface area contributed by atoms with Gasteiger partial charge in [0.2, 0.25) is 5.75 Å². The van der Waals surface area contributed by atoms with E-state index in [1.807, 2.05) is 39.7 Å². The summed E-state index contributed by atoms with van der Waals surface area (Å²) >= 11 is 0. The summed E-state index contributed by atoms with van der Waals surface area (Å²) in [4.78, 5) is 13.0. The van der Waals surface area contributed by atoms with Crippen LogP contribution in [0.2, 0.25) is 0 Å². The predicted octanol–water partition coefficient (Wildman–Crippen LogP) is 2.67. The Labute approximate surface area is 156 Å². The topological polar surface area (TPSA) is 75.7 Å². The van der Waals surface area contributed by atoms with Crippen molar-refractivity contribution in [2.75, 3.05) is 21.3 Å². The van der Waals surface area contributed by atoms with Gasteiger partial charge in [-0.25, -0.2) is 9.97 Å². The van der Waals surface area contributed by atoms with Crippen molar-refractivity contribution in [2.45, 2.75) is 6.54 Å². The minimum atomic E-state index is 0.535. The molecule has 8 nitrogen and oxygen atoms in total. The third kappa shape index (κ3) is 2.84. The van der Waals surface area contributed by atoms with Crippen LogP contribution in [-0.2, 0) is 6.54 Å². The molecule has 0 atom stereocenters. The van der Waals surface area contributed by atoms with Gasteiger partial charge in [0.15, 0.2) is 17.1 Å². The highest BCUT2D eigenvalue weighted by atomic mass is 16.5. The second-order valence-electron chi connectivity index (χ2n) is 5.81. The summed E-state index contributed by atoms with van der Waals surface area (Å²) < 4.78 is 20.5. The van der Waals surface area contributed by atoms with Gasteiger partial charge in [0.05, 0.1) is 51.5 Å². The molecule has 0 fully saturated rings. The summed E-state index contributed by atoms with van der Waals surface area (Å²) in [5.41, 5.74) is 2.64. The summed E-state index contributed by atoms with van der Waals surface area (Å²) in [5, 5.41) is 0. The highest BCUT2D eigenvalue weighted by Crippen LogP contribution is 2.43. The first-order chi connectivity index (χ1) is 13.3. The van der Waals surface area contributed by atoms with E-state index in [4.69, 9.17) is 14.2 Å². The zero-order chi connectivity index (χ0) is 18.8. The maximum atomic E-state index is 5.61. The number of fused-ring (bicyclic) bond motifs is 1. The van der Waals surface area contributed by atoms with Crippen LogP contribution in [0.5, 0.6) is 17.2 Å². The monoisotopic (exact) mass is 365 g/mol. The molecule has 4 rings (SSSR count). The molecule has 0 N–H and O–H groups in total. The molecular formula is C19H19N5O3. The Morgan fingerprint density at radius 1 is 0.889 bits per heavy atom. The number of rotatable bonds is 6. The van der Waals surface area contributed by atoms with Crippen molar-refractivity contribution in [1.82, 2.24) is 23.9 Å². The predicted molar refractivity (Wildman–Crippen MR) is 99.4 cm³/mol. The Kier molecular flexibility index (Phi) is 4.37. The molecule has 27 heavy (non-hydrogen) atoms. The van der Waals surface area contributed by atoms with Gasteiger partial charge < -0.3 is 18.8 Å². The first-order valence-electron chi connectivity index (χ1n) is 8.33. The van der Waals surface area contributed by atoms with Crippen molar-refractivity contribution in [2.24, 2.45) is 0 Å². The van der Waals surface area contributed by atoms with Gasteiger partial charge in [0.1, 0.15) is 5.82 Å². The summed E-state index contributed by atoms with van der Waals surface area (Å²) in [5.74, 6) is 2.47. The number of hydrogen-bond donors (Lipinski definition) is 0. The third-order valence-corrected chi connectivity index (χ3v) is 4.39. The van der Waals surface area contributed by atoms with Gasteiger partial charge in [0.25, 0.3) is 0 Å². The van der Waals surface area contributed by atoms with Gasteiger partial charge in [-0.2, -0.15) is 0 Å². The van der Waals surface area contributed by atoms with Crippen molar-refractivity contribution in [3.63, 3.8) is 0 Å². The standard InChI is InChI=1S/C19H19N5O3/c1-25-15-5-4-14(17(26-2)18(15)27-3)19-21-7-8-23(19)12-13-10-22-16-11-20-6-9-24(13)16/h4-11H,12H2,1-3H3. The van der Waals surface area contributed by atoms with Crippen molar-refractivity contribution >= 4 is 5.65 Å². The Hall–Kier alpha value is -3.55. The van der Waals surface area contributed by atoms with Gasteiger partial charge in [-0.1, -0.05) is 0 Å². The minimum absolute atomic E-state index is 0.535. The summed E-state index contributed by atoms with van der Waals surface area (Å²) in [6.07, 6.45) is 10.9. The van der Waals surface area contributed by atoms with Crippen LogP contribution in [0.25, 0.3) is 17.0 Å². The molecule has 0 aliphatic carbocycles. The van der Waals surface area contributed by atoms with Crippen molar-refractivity contribution in [1.29, 1.82) is 0 Å². The van der Waals surface area contributed by atoms with Gasteiger partial charge in [-0.05, 0) is 12.1 Å². The fourth-order valence-corrected chi connectivity index (χ4v) is 3.14. The van der Waals surface area contributed by atoms with Gasteiger partial charge in [-0.3, -0.25) is 9.38 Å². The van der Waals surface area contributed by atoms with Crippen molar-refractivity contribution in [3.8, 4) is 28.6 Å². The zero-order valence-corrected chi connectivity index (χ0v) is 15.3. The summed E-state index contributed by atoms with van der Waals surface area (Å²) in [6, 6.07) is 3.76. The van der Waals surface area contributed by atoms with E-state index in [1.54, 1.807) is 39.9 Å². The maximum Gasteiger partial charge on any atom is 0.204 e. The Morgan fingerprint density at radius 2 is 1.74 bits per heavy atom. The van der Waals surface area contributed by atoms with E-state index in [2.05, 4.69) is 15.0 Å². The molecule has 0 bridgehead atoms. The average Bonchev–Trinajstić information content (AvgIpc) is 3.34. The molecule has 0 amide bonds. The van der Waals surface area contributed by atoms with E-state index in [1.165, 1.54) is 0 Å². The second kappa shape index (κ2) is 6.99. The second-order valence-corrected chi connectivity index (χ2v) is 5.81. The van der Waals surface area contributed by atoms with Gasteiger partial charge >= 0.3 is 0 Å². The van der Waals surface area contributed by atoms with Crippen LogP contribution >= 0.6 is 0 Å². The number of methoxy groups -OCH3 is 3. The van der Waals surface area contributed by atoms with E-state index in [9.17, 15) is 0 Å². The number of ether oxygens (including phenoxy) is 3. The molecule has 3 heterocycles. The van der Waals surface area contributed by atoms with Crippen LogP contribution in [0.3, 0.4) is 0 Å². The quantitative estimate of drug-likeness (QED) is 0.523. The summed E-state index contributed by atoms with van der Waals surface area (Å²) in [6.45, 7) is 0.595. The molecule has 0 aliphatic heterocycles. The smallest absolute Gasteiger partial charge is 0.204 e. The molecule has 8 heteroatoms. The zero-order valence-electron chi connectivity index (χ0n) is 15.3. The Balaban J connectivity index is 1.78. The van der Waals surface area contributed by atoms with Crippen molar-refractivity contribution in [3.05, 3.63) is 55.0 Å². The fourth-order valence-electron chi connectivity index (χ4n) is 3.14. The normalized spacial score (nSPS) is 10.9. The van der Waals surface area contributed by atoms with Crippen LogP contribution in [0.1, 0.15) is 5.69 Å². The molecule has 0 aliphatic rings. The average molecular weight is 365 g/mol. The number of hydrogen-bond acceptors (Lipinski definition) is 6. The van der Waals surface area contributed by atoms with Crippen LogP contribution in [-0.4, -0.2) is 45.2 Å². The number of imidazole rings is 2. The fraction of sp³-hybridized carbons (Fsp3) is 0.211. The van der Waals surface area contributed by atoms with Crippen LogP contribution in [0, 0.1) is 0 Å². The molecule has 1 aromatic carbocycles. The molecule has 0 unspecified atom stereocenters. The van der Waals surface area contributed by atoms with Crippen LogP contribution in [0.4, 0.5) is 0 Å². The van der Waals surface area contributed by atoms with Crippen LogP contribution in [0.15, 0.2) is 49.3 Å². The van der Waals surface area contributed by atoms with E-state index in [0.29, 0.717) is 23.8 Å². The van der Waals surface area contributed by atoms with E-state index >= 15 is 0 Å². The van der Waals surface area contributed by atoms with Crippen molar-refractivity contribution < 1.29 is 14.2 Å². The molecule has 3 aromatic heterocycles. The molecule has 0 radical (unpaired) electrons. The Bertz CT molecular complexity index is 1090. The first kappa shape index (κ1) is 16.9. The van der Waals surface area contributed by atoms with Crippen LogP contribution < -0.4 is 14.2 Å². The Morgan fingerprint density at radius 3 is 2.52 bits per heavy atom. The lowest BCUT2D eigenvalue weighted by atomic mass is 10.1. The van der Waals surface area contributed by atoms with E-state index in [-0.39, 0.29) is 0 Å². The lowest BCUT2D eigenvalue weighted by Gasteiger charge is -2.16.